The van der Waals surface area contributed by atoms with Gasteiger partial charge in [0.05, 0.1) is 0 Å². The van der Waals surface area contributed by atoms with Gasteiger partial charge in [-0.2, -0.15) is 0 Å². The maximum absolute atomic E-state index is 6.63. The van der Waals surface area contributed by atoms with Crippen molar-refractivity contribution in [2.24, 2.45) is 0 Å². The second-order valence-electron chi connectivity index (χ2n) is 8.32. The first kappa shape index (κ1) is 22.5. The second-order valence-corrected chi connectivity index (χ2v) is 8.32. The number of rotatable bonds is 9. The molecule has 5 aromatic rings. The smallest absolute Gasteiger partial charge is 0.412 e. The highest BCUT2D eigenvalue weighted by Crippen LogP contribution is 2.37. The van der Waals surface area contributed by atoms with Crippen LogP contribution in [-0.4, -0.2) is 4.68 Å². The summed E-state index contributed by atoms with van der Waals surface area (Å²) < 4.78 is 17.5. The van der Waals surface area contributed by atoms with E-state index >= 15 is 0 Å². The Balaban J connectivity index is 1.81. The molecule has 0 fully saturated rings. The summed E-state index contributed by atoms with van der Waals surface area (Å²) in [5, 5.41) is 0. The van der Waals surface area contributed by atoms with Crippen molar-refractivity contribution in [3.05, 3.63) is 127 Å². The van der Waals surface area contributed by atoms with E-state index in [0.717, 1.165) is 59.5 Å². The van der Waals surface area contributed by atoms with Crippen LogP contribution in [-0.2, 0) is 6.42 Å². The maximum Gasteiger partial charge on any atom is 0.412 e. The van der Waals surface area contributed by atoms with Gasteiger partial charge in [0.2, 0.25) is 5.69 Å². The lowest BCUT2D eigenvalue weighted by atomic mass is 10.1. The third-order valence-corrected chi connectivity index (χ3v) is 5.80. The van der Waals surface area contributed by atoms with Gasteiger partial charge >= 0.3 is 5.88 Å². The standard InChI is InChI=1S/C31H29N2O2/c1-2-3-24-29-30(34-27-20-12-6-13-21-27)32(25-16-8-4-9-17-25)33(26-18-10-5-11-19-26)31(29)35-28-22-14-7-15-23-28/h4-23H,2-3,24H2,1H3/q+1. The Morgan fingerprint density at radius 2 is 1.14 bits per heavy atom. The summed E-state index contributed by atoms with van der Waals surface area (Å²) in [4.78, 5) is 0. The number of benzene rings is 4. The average molecular weight is 462 g/mol. The zero-order chi connectivity index (χ0) is 23.9. The Bertz CT molecular complexity index is 1250. The van der Waals surface area contributed by atoms with Gasteiger partial charge in [-0.05, 0) is 53.9 Å². The average Bonchev–Trinajstić information content (AvgIpc) is 3.21. The van der Waals surface area contributed by atoms with Crippen molar-refractivity contribution in [2.45, 2.75) is 26.2 Å². The lowest BCUT2D eigenvalue weighted by molar-refractivity contribution is -0.679. The largest absolute Gasteiger partial charge is 0.436 e. The van der Waals surface area contributed by atoms with Gasteiger partial charge in [-0.1, -0.05) is 90.8 Å². The highest BCUT2D eigenvalue weighted by molar-refractivity contribution is 5.46. The van der Waals surface area contributed by atoms with Crippen LogP contribution < -0.4 is 14.2 Å². The SMILES string of the molecule is CCCCc1c(Oc2ccccc2)n(-c2ccccc2)[n+](-c2ccccc2)c1Oc1ccccc1. The first-order chi connectivity index (χ1) is 17.3. The van der Waals surface area contributed by atoms with Gasteiger partial charge < -0.3 is 9.47 Å². The quantitative estimate of drug-likeness (QED) is 0.211. The molecule has 0 aliphatic carbocycles. The molecule has 0 amide bonds. The Hall–Kier alpha value is -4.31. The molecule has 0 radical (unpaired) electrons. The van der Waals surface area contributed by atoms with Crippen molar-refractivity contribution < 1.29 is 14.2 Å². The predicted octanol–water partition coefficient (Wildman–Crippen LogP) is 7.68. The third-order valence-electron chi connectivity index (χ3n) is 5.80. The minimum atomic E-state index is 0.755. The van der Waals surface area contributed by atoms with Gasteiger partial charge in [0.1, 0.15) is 22.7 Å². The van der Waals surface area contributed by atoms with E-state index in [4.69, 9.17) is 9.47 Å². The fourth-order valence-electron chi connectivity index (χ4n) is 4.11. The Morgan fingerprint density at radius 3 is 1.71 bits per heavy atom. The number of unbranched alkanes of at least 4 members (excludes halogenated alkanes) is 1. The van der Waals surface area contributed by atoms with Crippen molar-refractivity contribution in [1.82, 2.24) is 4.68 Å². The minimum absolute atomic E-state index is 0.755. The minimum Gasteiger partial charge on any atom is -0.436 e. The molecule has 0 unspecified atom stereocenters. The molecule has 1 heterocycles. The highest BCUT2D eigenvalue weighted by atomic mass is 16.5. The third kappa shape index (κ3) is 4.97. The fraction of sp³-hybridized carbons (Fsp3) is 0.129. The second kappa shape index (κ2) is 10.7. The summed E-state index contributed by atoms with van der Waals surface area (Å²) in [5.41, 5.74) is 3.01. The Kier molecular flexibility index (Phi) is 6.90. The molecule has 0 bridgehead atoms. The van der Waals surface area contributed by atoms with E-state index < -0.39 is 0 Å². The molecule has 4 nitrogen and oxygen atoms in total. The van der Waals surface area contributed by atoms with Gasteiger partial charge in [0.15, 0.2) is 0 Å². The molecule has 0 atom stereocenters. The monoisotopic (exact) mass is 461 g/mol. The Morgan fingerprint density at radius 1 is 0.629 bits per heavy atom. The molecule has 4 heteroatoms. The molecule has 0 spiro atoms. The highest BCUT2D eigenvalue weighted by Gasteiger charge is 2.36. The van der Waals surface area contributed by atoms with E-state index in [0.29, 0.717) is 0 Å². The number of hydrogen-bond donors (Lipinski definition) is 0. The zero-order valence-corrected chi connectivity index (χ0v) is 19.9. The lowest BCUT2D eigenvalue weighted by Gasteiger charge is -2.09. The first-order valence-corrected chi connectivity index (χ1v) is 12.1. The normalized spacial score (nSPS) is 10.8. The molecule has 4 aromatic carbocycles. The summed E-state index contributed by atoms with van der Waals surface area (Å²) in [7, 11) is 0. The molecular formula is C31H29N2O2+. The summed E-state index contributed by atoms with van der Waals surface area (Å²) in [6.07, 6.45) is 2.91. The summed E-state index contributed by atoms with van der Waals surface area (Å²) in [6.45, 7) is 2.20. The topological polar surface area (TPSA) is 27.3 Å². The molecule has 174 valence electrons. The van der Waals surface area contributed by atoms with Crippen molar-refractivity contribution in [3.8, 4) is 34.6 Å². The molecule has 35 heavy (non-hydrogen) atoms. The predicted molar refractivity (Wildman–Crippen MR) is 139 cm³/mol. The van der Waals surface area contributed by atoms with Crippen LogP contribution in [0.4, 0.5) is 0 Å². The summed E-state index contributed by atoms with van der Waals surface area (Å²) in [5.74, 6) is 3.08. The molecule has 0 saturated carbocycles. The molecule has 0 aliphatic heterocycles. The van der Waals surface area contributed by atoms with Gasteiger partial charge in [-0.3, -0.25) is 0 Å². The lowest BCUT2D eigenvalue weighted by Crippen LogP contribution is -2.40. The molecular weight excluding hydrogens is 432 g/mol. The van der Waals surface area contributed by atoms with E-state index in [2.05, 4.69) is 40.6 Å². The van der Waals surface area contributed by atoms with Crippen LogP contribution in [0.1, 0.15) is 25.3 Å². The number of aromatic nitrogens is 2. The van der Waals surface area contributed by atoms with Crippen LogP contribution in [0.2, 0.25) is 0 Å². The van der Waals surface area contributed by atoms with Gasteiger partial charge in [0, 0.05) is 12.1 Å². The van der Waals surface area contributed by atoms with Crippen molar-refractivity contribution in [1.29, 1.82) is 0 Å². The van der Waals surface area contributed by atoms with Gasteiger partial charge in [-0.15, -0.1) is 0 Å². The van der Waals surface area contributed by atoms with Crippen LogP contribution in [0.25, 0.3) is 11.4 Å². The maximum atomic E-state index is 6.63. The van der Waals surface area contributed by atoms with Crippen molar-refractivity contribution >= 4 is 0 Å². The van der Waals surface area contributed by atoms with Crippen LogP contribution in [0.15, 0.2) is 121 Å². The van der Waals surface area contributed by atoms with E-state index in [1.807, 2.05) is 97.1 Å². The number of nitrogens with zero attached hydrogens (tertiary/aromatic N) is 2. The van der Waals surface area contributed by atoms with Crippen molar-refractivity contribution in [2.75, 3.05) is 0 Å². The van der Waals surface area contributed by atoms with Crippen LogP contribution in [0.3, 0.4) is 0 Å². The zero-order valence-electron chi connectivity index (χ0n) is 19.9. The van der Waals surface area contributed by atoms with E-state index in [1.165, 1.54) is 0 Å². The summed E-state index contributed by atoms with van der Waals surface area (Å²) >= 11 is 0. The molecule has 0 saturated heterocycles. The van der Waals surface area contributed by atoms with Crippen LogP contribution in [0, 0.1) is 0 Å². The van der Waals surface area contributed by atoms with Crippen LogP contribution >= 0.6 is 0 Å². The van der Waals surface area contributed by atoms with Crippen LogP contribution in [0.5, 0.6) is 23.3 Å². The molecule has 0 N–H and O–H groups in total. The van der Waals surface area contributed by atoms with Gasteiger partial charge in [-0.25, -0.2) is 0 Å². The number of para-hydroxylation sites is 4. The van der Waals surface area contributed by atoms with E-state index in [-0.39, 0.29) is 0 Å². The number of ether oxygens (including phenoxy) is 2. The molecule has 1 aromatic heterocycles. The van der Waals surface area contributed by atoms with Crippen molar-refractivity contribution in [3.63, 3.8) is 0 Å². The molecule has 5 rings (SSSR count). The van der Waals surface area contributed by atoms with E-state index in [9.17, 15) is 0 Å². The molecule has 0 aliphatic rings. The van der Waals surface area contributed by atoms with Gasteiger partial charge in [0.25, 0.3) is 5.88 Å². The first-order valence-electron chi connectivity index (χ1n) is 12.1. The number of hydrogen-bond acceptors (Lipinski definition) is 2. The summed E-state index contributed by atoms with van der Waals surface area (Å²) in [6, 6.07) is 40.5. The van der Waals surface area contributed by atoms with E-state index in [1.54, 1.807) is 0 Å². The Labute approximate surface area is 206 Å². The fourth-order valence-corrected chi connectivity index (χ4v) is 4.11.